The zero-order valence-corrected chi connectivity index (χ0v) is 15.7. The van der Waals surface area contributed by atoms with E-state index in [4.69, 9.17) is 16.3 Å². The highest BCUT2D eigenvalue weighted by molar-refractivity contribution is 6.32. The second-order valence-corrected chi connectivity index (χ2v) is 6.46. The van der Waals surface area contributed by atoms with Gasteiger partial charge >= 0.3 is 5.97 Å². The molecule has 5 heteroatoms. The molecule has 0 bridgehead atoms. The fourth-order valence-electron chi connectivity index (χ4n) is 2.98. The van der Waals surface area contributed by atoms with E-state index < -0.39 is 0 Å². The van der Waals surface area contributed by atoms with Gasteiger partial charge in [-0.05, 0) is 38.0 Å². The third-order valence-corrected chi connectivity index (χ3v) is 4.76. The molecule has 2 aromatic carbocycles. The van der Waals surface area contributed by atoms with Crippen molar-refractivity contribution in [1.29, 1.82) is 0 Å². The van der Waals surface area contributed by atoms with Crippen LogP contribution in [-0.2, 0) is 11.2 Å². The molecule has 0 aliphatic heterocycles. The molecule has 26 heavy (non-hydrogen) atoms. The fourth-order valence-corrected chi connectivity index (χ4v) is 3.14. The number of fused-ring (bicyclic) bond motifs is 1. The molecule has 0 aliphatic rings. The second-order valence-electron chi connectivity index (χ2n) is 6.06. The molecule has 0 fully saturated rings. The highest BCUT2D eigenvalue weighted by Crippen LogP contribution is 2.30. The molecule has 0 saturated carbocycles. The quantitative estimate of drug-likeness (QED) is 0.653. The van der Waals surface area contributed by atoms with E-state index in [0.29, 0.717) is 23.7 Å². The first kappa shape index (κ1) is 18.2. The van der Waals surface area contributed by atoms with E-state index in [0.717, 1.165) is 28.6 Å². The van der Waals surface area contributed by atoms with Gasteiger partial charge in [0, 0.05) is 12.1 Å². The van der Waals surface area contributed by atoms with Gasteiger partial charge in [0.2, 0.25) is 5.52 Å². The Morgan fingerprint density at radius 3 is 2.69 bits per heavy atom. The van der Waals surface area contributed by atoms with Gasteiger partial charge in [0.15, 0.2) is 6.20 Å². The number of esters is 1. The van der Waals surface area contributed by atoms with E-state index in [1.54, 1.807) is 13.1 Å². The number of hydrogen-bond acceptors (Lipinski definition) is 3. The van der Waals surface area contributed by atoms with Crippen LogP contribution in [-0.4, -0.2) is 19.1 Å². The second kappa shape index (κ2) is 8.19. The van der Waals surface area contributed by atoms with Gasteiger partial charge in [0.05, 0.1) is 22.7 Å². The Morgan fingerprint density at radius 1 is 1.19 bits per heavy atom. The van der Waals surface area contributed by atoms with E-state index in [1.807, 2.05) is 37.3 Å². The Kier molecular flexibility index (Phi) is 5.74. The summed E-state index contributed by atoms with van der Waals surface area (Å²) in [5.41, 5.74) is 4.36. The number of benzene rings is 2. The van der Waals surface area contributed by atoms with E-state index >= 15 is 0 Å². The van der Waals surface area contributed by atoms with Gasteiger partial charge in [0.25, 0.3) is 0 Å². The smallest absolute Gasteiger partial charge is 0.346 e. The van der Waals surface area contributed by atoms with Crippen molar-refractivity contribution in [2.45, 2.75) is 20.3 Å². The number of ether oxygens (including phenoxy) is 1. The van der Waals surface area contributed by atoms with E-state index in [2.05, 4.69) is 22.4 Å². The normalized spacial score (nSPS) is 10.7. The van der Waals surface area contributed by atoms with Gasteiger partial charge in [-0.15, -0.1) is 0 Å². The summed E-state index contributed by atoms with van der Waals surface area (Å²) in [5.74, 6) is -0.347. The molecule has 0 saturated heterocycles. The molecule has 0 unspecified atom stereocenters. The van der Waals surface area contributed by atoms with Gasteiger partial charge in [-0.25, -0.2) is 9.78 Å². The third-order valence-electron chi connectivity index (χ3n) is 4.35. The first-order chi connectivity index (χ1) is 12.6. The van der Waals surface area contributed by atoms with Crippen LogP contribution in [0.3, 0.4) is 0 Å². The van der Waals surface area contributed by atoms with Crippen molar-refractivity contribution >= 4 is 34.2 Å². The van der Waals surface area contributed by atoms with Crippen molar-refractivity contribution in [1.82, 2.24) is 0 Å². The lowest BCUT2D eigenvalue weighted by Crippen LogP contribution is -2.18. The minimum atomic E-state index is -0.347. The van der Waals surface area contributed by atoms with Crippen LogP contribution in [0, 0.1) is 6.92 Å². The van der Waals surface area contributed by atoms with Gasteiger partial charge in [0.1, 0.15) is 5.56 Å². The van der Waals surface area contributed by atoms with Crippen LogP contribution < -0.4 is 10.3 Å². The lowest BCUT2D eigenvalue weighted by atomic mass is 10.1. The average molecular weight is 370 g/mol. The number of aromatic amines is 1. The predicted octanol–water partition coefficient (Wildman–Crippen LogP) is 4.45. The summed E-state index contributed by atoms with van der Waals surface area (Å²) in [5, 5.41) is 5.04. The van der Waals surface area contributed by atoms with Gasteiger partial charge in [-0.1, -0.05) is 41.9 Å². The van der Waals surface area contributed by atoms with Crippen molar-refractivity contribution in [3.8, 4) is 0 Å². The fraction of sp³-hybridized carbons (Fsp3) is 0.238. The van der Waals surface area contributed by atoms with Crippen LogP contribution in [0.5, 0.6) is 0 Å². The molecule has 0 aliphatic carbocycles. The molecular formula is C21H22ClN2O2+. The lowest BCUT2D eigenvalue weighted by Gasteiger charge is -2.13. The van der Waals surface area contributed by atoms with Crippen molar-refractivity contribution in [2.24, 2.45) is 0 Å². The molecule has 2 N–H and O–H groups in total. The molecular weight excluding hydrogens is 348 g/mol. The molecule has 1 aromatic heterocycles. The molecule has 0 atom stereocenters. The highest BCUT2D eigenvalue weighted by atomic mass is 35.5. The van der Waals surface area contributed by atoms with Crippen LogP contribution in [0.1, 0.15) is 28.4 Å². The number of nitrogens with one attached hydrogen (secondary N) is 2. The minimum Gasteiger partial charge on any atom is -0.462 e. The van der Waals surface area contributed by atoms with Crippen LogP contribution in [0.15, 0.2) is 48.7 Å². The maximum absolute atomic E-state index is 12.4. The summed E-state index contributed by atoms with van der Waals surface area (Å²) in [6.45, 7) is 4.80. The van der Waals surface area contributed by atoms with Crippen molar-refractivity contribution in [3.63, 3.8) is 0 Å². The largest absolute Gasteiger partial charge is 0.462 e. The Morgan fingerprint density at radius 2 is 1.96 bits per heavy atom. The van der Waals surface area contributed by atoms with E-state index in [9.17, 15) is 4.79 Å². The monoisotopic (exact) mass is 369 g/mol. The van der Waals surface area contributed by atoms with Gasteiger partial charge in [-0.3, -0.25) is 0 Å². The maximum atomic E-state index is 12.4. The van der Waals surface area contributed by atoms with Gasteiger partial charge < -0.3 is 10.1 Å². The zero-order valence-electron chi connectivity index (χ0n) is 14.9. The Hall–Kier alpha value is -2.59. The minimum absolute atomic E-state index is 0.333. The summed E-state index contributed by atoms with van der Waals surface area (Å²) in [4.78, 5) is 15.6. The number of anilines is 1. The number of rotatable bonds is 6. The zero-order chi connectivity index (χ0) is 18.5. The van der Waals surface area contributed by atoms with Crippen LogP contribution >= 0.6 is 11.6 Å². The molecule has 3 aromatic rings. The number of halogens is 1. The van der Waals surface area contributed by atoms with Crippen molar-refractivity contribution in [2.75, 3.05) is 18.5 Å². The third kappa shape index (κ3) is 3.81. The van der Waals surface area contributed by atoms with Crippen LogP contribution in [0.25, 0.3) is 10.9 Å². The summed E-state index contributed by atoms with van der Waals surface area (Å²) in [7, 11) is 0. The standard InChI is InChI=1S/C21H21ClN2O2/c1-3-26-21(25)17-13-24-19-14(2)18(22)10-9-16(19)20(17)23-12-11-15-7-5-4-6-8-15/h4-10,13H,3,11-12H2,1-2H3,(H,23,24)/p+1. The number of carbonyl (C=O) groups excluding carboxylic acids is 1. The topological polar surface area (TPSA) is 52.5 Å². The summed E-state index contributed by atoms with van der Waals surface area (Å²) >= 11 is 6.24. The SMILES string of the molecule is CCOC(=O)c1c[nH+]c2c(C)c(Cl)ccc2c1NCCc1ccccc1. The van der Waals surface area contributed by atoms with Crippen LogP contribution in [0.4, 0.5) is 5.69 Å². The molecule has 4 nitrogen and oxygen atoms in total. The number of H-pyrrole nitrogens is 1. The molecule has 3 rings (SSSR count). The summed E-state index contributed by atoms with van der Waals surface area (Å²) < 4.78 is 5.21. The first-order valence-electron chi connectivity index (χ1n) is 8.70. The summed E-state index contributed by atoms with van der Waals surface area (Å²) in [6, 6.07) is 14.0. The van der Waals surface area contributed by atoms with Gasteiger partial charge in [-0.2, -0.15) is 0 Å². The average Bonchev–Trinajstić information content (AvgIpc) is 2.66. The molecule has 1 heterocycles. The molecule has 134 valence electrons. The molecule has 0 radical (unpaired) electrons. The molecule has 0 spiro atoms. The number of carbonyl (C=O) groups is 1. The van der Waals surface area contributed by atoms with Crippen molar-refractivity contribution in [3.05, 3.63) is 70.4 Å². The maximum Gasteiger partial charge on any atom is 0.346 e. The Bertz CT molecular complexity index is 926. The molecule has 0 amide bonds. The number of aryl methyl sites for hydroxylation is 1. The summed E-state index contributed by atoms with van der Waals surface area (Å²) in [6.07, 6.45) is 2.55. The van der Waals surface area contributed by atoms with Crippen molar-refractivity contribution < 1.29 is 14.5 Å². The highest BCUT2D eigenvalue weighted by Gasteiger charge is 2.21. The number of aromatic nitrogens is 1. The van der Waals surface area contributed by atoms with E-state index in [1.165, 1.54) is 5.56 Å². The number of pyridine rings is 1. The number of hydrogen-bond donors (Lipinski definition) is 1. The first-order valence-corrected chi connectivity index (χ1v) is 9.08. The Labute approximate surface area is 158 Å². The lowest BCUT2D eigenvalue weighted by molar-refractivity contribution is -0.345. The predicted molar refractivity (Wildman–Crippen MR) is 105 cm³/mol. The Balaban J connectivity index is 1.97. The van der Waals surface area contributed by atoms with Crippen LogP contribution in [0.2, 0.25) is 5.02 Å². The van der Waals surface area contributed by atoms with E-state index in [-0.39, 0.29) is 5.97 Å².